The van der Waals surface area contributed by atoms with Crippen molar-refractivity contribution >= 4 is 11.6 Å². The van der Waals surface area contributed by atoms with Gasteiger partial charge in [-0.25, -0.2) is 0 Å². The van der Waals surface area contributed by atoms with Gasteiger partial charge in [-0.05, 0) is 37.3 Å². The molecule has 1 aromatic heterocycles. The molecule has 3 heteroatoms. The van der Waals surface area contributed by atoms with Crippen LogP contribution in [0.4, 0.5) is 5.69 Å². The van der Waals surface area contributed by atoms with Crippen LogP contribution in [0.25, 0.3) is 11.3 Å². The SMILES string of the molecule is Cc1ccc(-c2ncccc2C(=O)Nc2cc[c]cc2)cc1. The molecule has 1 N–H and O–H groups in total. The standard InChI is InChI=1S/C19H15N2O/c1-14-9-11-15(12-10-14)18-17(8-5-13-20-18)19(22)21-16-6-3-2-4-7-16/h3-13H,1H3,(H,21,22). The van der Waals surface area contributed by atoms with Crippen LogP contribution in [0.2, 0.25) is 0 Å². The maximum absolute atomic E-state index is 12.5. The first-order valence-electron chi connectivity index (χ1n) is 7.03. The van der Waals surface area contributed by atoms with Crippen molar-refractivity contribution < 1.29 is 4.79 Å². The normalized spacial score (nSPS) is 10.2. The number of carbonyl (C=O) groups excluding carboxylic acids is 1. The Morgan fingerprint density at radius 2 is 1.77 bits per heavy atom. The molecule has 0 unspecified atom stereocenters. The van der Waals surface area contributed by atoms with Crippen LogP contribution in [0.15, 0.2) is 66.9 Å². The largest absolute Gasteiger partial charge is 0.322 e. The van der Waals surface area contributed by atoms with Gasteiger partial charge in [0.1, 0.15) is 0 Å². The van der Waals surface area contributed by atoms with Crippen LogP contribution in [0, 0.1) is 13.0 Å². The number of amides is 1. The van der Waals surface area contributed by atoms with E-state index >= 15 is 0 Å². The van der Waals surface area contributed by atoms with Crippen LogP contribution >= 0.6 is 0 Å². The molecular weight excluding hydrogens is 272 g/mol. The van der Waals surface area contributed by atoms with Gasteiger partial charge in [-0.1, -0.05) is 42.0 Å². The van der Waals surface area contributed by atoms with Crippen molar-refractivity contribution in [2.75, 3.05) is 5.32 Å². The van der Waals surface area contributed by atoms with Crippen molar-refractivity contribution in [3.63, 3.8) is 0 Å². The van der Waals surface area contributed by atoms with Crippen LogP contribution in [0.1, 0.15) is 15.9 Å². The van der Waals surface area contributed by atoms with Crippen LogP contribution in [-0.2, 0) is 0 Å². The minimum absolute atomic E-state index is 0.171. The van der Waals surface area contributed by atoms with Gasteiger partial charge in [-0.15, -0.1) is 0 Å². The first-order chi connectivity index (χ1) is 10.7. The molecule has 22 heavy (non-hydrogen) atoms. The second kappa shape index (κ2) is 6.22. The van der Waals surface area contributed by atoms with Gasteiger partial charge < -0.3 is 5.32 Å². The van der Waals surface area contributed by atoms with Gasteiger partial charge in [0, 0.05) is 17.4 Å². The summed E-state index contributed by atoms with van der Waals surface area (Å²) in [5, 5.41) is 2.88. The minimum atomic E-state index is -0.171. The molecule has 0 fully saturated rings. The highest BCUT2D eigenvalue weighted by atomic mass is 16.1. The number of aryl methyl sites for hydroxylation is 1. The molecule has 0 aliphatic carbocycles. The first kappa shape index (κ1) is 14.0. The monoisotopic (exact) mass is 287 g/mol. The van der Waals surface area contributed by atoms with E-state index in [4.69, 9.17) is 0 Å². The molecule has 1 radical (unpaired) electrons. The van der Waals surface area contributed by atoms with E-state index in [1.54, 1.807) is 42.6 Å². The van der Waals surface area contributed by atoms with E-state index in [1.807, 2.05) is 31.2 Å². The van der Waals surface area contributed by atoms with E-state index in [9.17, 15) is 4.79 Å². The average Bonchev–Trinajstić information content (AvgIpc) is 2.56. The van der Waals surface area contributed by atoms with Crippen molar-refractivity contribution in [2.45, 2.75) is 6.92 Å². The Balaban J connectivity index is 1.94. The molecule has 0 aliphatic rings. The number of hydrogen-bond donors (Lipinski definition) is 1. The van der Waals surface area contributed by atoms with E-state index in [1.165, 1.54) is 5.56 Å². The Bertz CT molecular complexity index is 780. The topological polar surface area (TPSA) is 42.0 Å². The zero-order chi connectivity index (χ0) is 15.4. The number of anilines is 1. The summed E-state index contributed by atoms with van der Waals surface area (Å²) in [6, 6.07) is 21.6. The molecule has 3 nitrogen and oxygen atoms in total. The second-order valence-corrected chi connectivity index (χ2v) is 5.01. The number of nitrogens with zero attached hydrogens (tertiary/aromatic N) is 1. The summed E-state index contributed by atoms with van der Waals surface area (Å²) in [5.74, 6) is -0.171. The summed E-state index contributed by atoms with van der Waals surface area (Å²) in [6.45, 7) is 2.03. The Morgan fingerprint density at radius 3 is 2.50 bits per heavy atom. The van der Waals surface area contributed by atoms with Crippen molar-refractivity contribution in [1.29, 1.82) is 0 Å². The molecule has 0 bridgehead atoms. The predicted octanol–water partition coefficient (Wildman–Crippen LogP) is 4.11. The molecule has 0 atom stereocenters. The Kier molecular flexibility index (Phi) is 3.97. The Hall–Kier alpha value is -2.94. The molecule has 3 aromatic rings. The lowest BCUT2D eigenvalue weighted by Crippen LogP contribution is -2.13. The van der Waals surface area contributed by atoms with Gasteiger partial charge in [0.15, 0.2) is 0 Å². The third-order valence-electron chi connectivity index (χ3n) is 3.35. The van der Waals surface area contributed by atoms with Crippen LogP contribution in [0.5, 0.6) is 0 Å². The van der Waals surface area contributed by atoms with Gasteiger partial charge in [0.2, 0.25) is 0 Å². The molecule has 2 aromatic carbocycles. The lowest BCUT2D eigenvalue weighted by Gasteiger charge is -2.09. The molecule has 1 amide bonds. The van der Waals surface area contributed by atoms with E-state index in [0.717, 1.165) is 11.3 Å². The summed E-state index contributed by atoms with van der Waals surface area (Å²) < 4.78 is 0. The van der Waals surface area contributed by atoms with Gasteiger partial charge in [0.05, 0.1) is 11.3 Å². The molecule has 107 valence electrons. The summed E-state index contributed by atoms with van der Waals surface area (Å²) in [6.07, 6.45) is 1.70. The molecule has 0 aliphatic heterocycles. The number of benzene rings is 2. The molecule has 3 rings (SSSR count). The summed E-state index contributed by atoms with van der Waals surface area (Å²) in [7, 11) is 0. The lowest BCUT2D eigenvalue weighted by atomic mass is 10.0. The van der Waals surface area contributed by atoms with Crippen molar-refractivity contribution in [1.82, 2.24) is 4.98 Å². The fraction of sp³-hybridized carbons (Fsp3) is 0.0526. The van der Waals surface area contributed by atoms with Crippen LogP contribution in [-0.4, -0.2) is 10.9 Å². The highest BCUT2D eigenvalue weighted by Crippen LogP contribution is 2.22. The summed E-state index contributed by atoms with van der Waals surface area (Å²) >= 11 is 0. The number of nitrogens with one attached hydrogen (secondary N) is 1. The van der Waals surface area contributed by atoms with E-state index in [-0.39, 0.29) is 5.91 Å². The smallest absolute Gasteiger partial charge is 0.257 e. The van der Waals surface area contributed by atoms with Gasteiger partial charge in [-0.2, -0.15) is 0 Å². The predicted molar refractivity (Wildman–Crippen MR) is 87.6 cm³/mol. The van der Waals surface area contributed by atoms with Crippen LogP contribution in [0.3, 0.4) is 0 Å². The molecule has 0 saturated heterocycles. The zero-order valence-corrected chi connectivity index (χ0v) is 12.2. The molecule has 0 saturated carbocycles. The number of pyridine rings is 1. The number of hydrogen-bond acceptors (Lipinski definition) is 2. The number of carbonyl (C=O) groups is 1. The summed E-state index contributed by atoms with van der Waals surface area (Å²) in [5.41, 5.74) is 4.08. The second-order valence-electron chi connectivity index (χ2n) is 5.01. The van der Waals surface area contributed by atoms with Crippen LogP contribution < -0.4 is 5.32 Å². The quantitative estimate of drug-likeness (QED) is 0.787. The van der Waals surface area contributed by atoms with E-state index in [0.29, 0.717) is 11.3 Å². The van der Waals surface area contributed by atoms with Crippen molar-refractivity contribution in [3.05, 3.63) is 84.1 Å². The third kappa shape index (κ3) is 3.04. The average molecular weight is 287 g/mol. The highest BCUT2D eigenvalue weighted by molar-refractivity contribution is 6.08. The number of rotatable bonds is 3. The van der Waals surface area contributed by atoms with Crippen molar-refractivity contribution in [3.8, 4) is 11.3 Å². The van der Waals surface area contributed by atoms with E-state index < -0.39 is 0 Å². The van der Waals surface area contributed by atoms with Crippen molar-refractivity contribution in [2.24, 2.45) is 0 Å². The molecular formula is C19H15N2O. The maximum Gasteiger partial charge on any atom is 0.257 e. The fourth-order valence-corrected chi connectivity index (χ4v) is 2.20. The Morgan fingerprint density at radius 1 is 1.05 bits per heavy atom. The molecule has 0 spiro atoms. The van der Waals surface area contributed by atoms with Gasteiger partial charge in [0.25, 0.3) is 5.91 Å². The van der Waals surface area contributed by atoms with Gasteiger partial charge in [-0.3, -0.25) is 9.78 Å². The first-order valence-corrected chi connectivity index (χ1v) is 7.03. The molecule has 1 heterocycles. The highest BCUT2D eigenvalue weighted by Gasteiger charge is 2.13. The maximum atomic E-state index is 12.5. The van der Waals surface area contributed by atoms with Gasteiger partial charge >= 0.3 is 0 Å². The minimum Gasteiger partial charge on any atom is -0.322 e. The lowest BCUT2D eigenvalue weighted by molar-refractivity contribution is 0.102. The fourth-order valence-electron chi connectivity index (χ4n) is 2.20. The zero-order valence-electron chi connectivity index (χ0n) is 12.2. The summed E-state index contributed by atoms with van der Waals surface area (Å²) in [4.78, 5) is 16.9. The van der Waals surface area contributed by atoms with E-state index in [2.05, 4.69) is 16.4 Å². The number of aromatic nitrogens is 1. The third-order valence-corrected chi connectivity index (χ3v) is 3.35. The Labute approximate surface area is 129 Å².